The Morgan fingerprint density at radius 1 is 1.67 bits per heavy atom. The molecule has 1 rings (SSSR count). The molecule has 1 heterocycles. The second-order valence-electron chi connectivity index (χ2n) is 1.95. The number of rotatable bonds is 0. The molecule has 9 heavy (non-hydrogen) atoms. The normalized spacial score (nSPS) is 9.44. The Bertz CT molecular complexity index is 266. The predicted molar refractivity (Wildman–Crippen MR) is 37.2 cm³/mol. The van der Waals surface area contributed by atoms with Gasteiger partial charge < -0.3 is 4.98 Å². The molecule has 1 aromatic heterocycles. The number of aromatic amines is 1. The van der Waals surface area contributed by atoms with E-state index in [4.69, 9.17) is 7.85 Å². The Morgan fingerprint density at radius 3 is 2.78 bits per heavy atom. The molecule has 0 amide bonds. The Balaban J connectivity index is 3.34. The van der Waals surface area contributed by atoms with Crippen molar-refractivity contribution in [3.05, 3.63) is 28.2 Å². The minimum Gasteiger partial charge on any atom is -0.329 e. The van der Waals surface area contributed by atoms with Crippen molar-refractivity contribution >= 4 is 13.3 Å². The number of pyridine rings is 1. The topological polar surface area (TPSA) is 32.9 Å². The van der Waals surface area contributed by atoms with Crippen LogP contribution in [0, 0.1) is 6.92 Å². The van der Waals surface area contributed by atoms with Gasteiger partial charge in [0.1, 0.15) is 7.85 Å². The number of aromatic nitrogens is 1. The highest BCUT2D eigenvalue weighted by atomic mass is 16.1. The summed E-state index contributed by atoms with van der Waals surface area (Å²) in [5.74, 6) is 0. The molecule has 0 aliphatic carbocycles. The maximum absolute atomic E-state index is 10.7. The van der Waals surface area contributed by atoms with Crippen LogP contribution >= 0.6 is 0 Å². The van der Waals surface area contributed by atoms with Crippen LogP contribution in [0.5, 0.6) is 0 Å². The van der Waals surface area contributed by atoms with Crippen molar-refractivity contribution < 1.29 is 0 Å². The van der Waals surface area contributed by atoms with Crippen LogP contribution in [0.25, 0.3) is 0 Å². The summed E-state index contributed by atoms with van der Waals surface area (Å²) in [5, 5.41) is 0. The maximum atomic E-state index is 10.7. The van der Waals surface area contributed by atoms with Crippen LogP contribution in [0.15, 0.2) is 17.1 Å². The van der Waals surface area contributed by atoms with E-state index in [0.29, 0.717) is 11.0 Å². The van der Waals surface area contributed by atoms with E-state index in [1.54, 1.807) is 13.0 Å². The average molecular weight is 119 g/mol. The molecule has 3 heteroatoms. The standard InChI is InChI=1S/C6H6BNO/c1-4-2-5(7)3-8-6(4)9/h2-3H,1H3,(H,8,9). The highest BCUT2D eigenvalue weighted by Crippen LogP contribution is 1.78. The van der Waals surface area contributed by atoms with Crippen LogP contribution in [0.3, 0.4) is 0 Å². The third-order valence-electron chi connectivity index (χ3n) is 1.11. The van der Waals surface area contributed by atoms with E-state index in [2.05, 4.69) is 4.98 Å². The zero-order chi connectivity index (χ0) is 6.85. The molecule has 0 fully saturated rings. The Hall–Kier alpha value is -0.985. The van der Waals surface area contributed by atoms with Crippen LogP contribution in [0.2, 0.25) is 0 Å². The van der Waals surface area contributed by atoms with Crippen LogP contribution in [0.1, 0.15) is 5.56 Å². The summed E-state index contributed by atoms with van der Waals surface area (Å²) < 4.78 is 0. The first-order valence-corrected chi connectivity index (χ1v) is 2.65. The monoisotopic (exact) mass is 119 g/mol. The second-order valence-corrected chi connectivity index (χ2v) is 1.95. The zero-order valence-electron chi connectivity index (χ0n) is 5.14. The van der Waals surface area contributed by atoms with E-state index in [-0.39, 0.29) is 5.56 Å². The first kappa shape index (κ1) is 6.14. The lowest BCUT2D eigenvalue weighted by Crippen LogP contribution is -2.15. The maximum Gasteiger partial charge on any atom is 0.250 e. The number of hydrogen-bond acceptors (Lipinski definition) is 1. The molecule has 0 aliphatic heterocycles. The second kappa shape index (κ2) is 2.09. The SMILES string of the molecule is [B]c1c[nH]c(=O)c(C)c1. The fraction of sp³-hybridized carbons (Fsp3) is 0.167. The molecule has 0 aromatic carbocycles. The van der Waals surface area contributed by atoms with Gasteiger partial charge in [0.25, 0.3) is 5.56 Å². The number of aryl methyl sites for hydroxylation is 1. The molecular formula is C6H6BNO. The lowest BCUT2D eigenvalue weighted by atomic mass is 9.98. The number of hydrogen-bond donors (Lipinski definition) is 1. The van der Waals surface area contributed by atoms with Crippen LogP contribution in [0.4, 0.5) is 0 Å². The molecule has 0 saturated heterocycles. The van der Waals surface area contributed by atoms with Crippen molar-refractivity contribution in [2.45, 2.75) is 6.92 Å². The minimum absolute atomic E-state index is 0.0794. The van der Waals surface area contributed by atoms with Crippen molar-refractivity contribution in [2.24, 2.45) is 0 Å². The summed E-state index contributed by atoms with van der Waals surface area (Å²) >= 11 is 0. The summed E-state index contributed by atoms with van der Waals surface area (Å²) in [6, 6.07) is 1.64. The molecule has 2 radical (unpaired) electrons. The van der Waals surface area contributed by atoms with Crippen molar-refractivity contribution in [3.63, 3.8) is 0 Å². The Labute approximate surface area is 54.3 Å². The fourth-order valence-corrected chi connectivity index (χ4v) is 0.620. The summed E-state index contributed by atoms with van der Waals surface area (Å²) in [6.45, 7) is 1.72. The van der Waals surface area contributed by atoms with Gasteiger partial charge in [0, 0.05) is 5.56 Å². The lowest BCUT2D eigenvalue weighted by Gasteiger charge is -1.91. The van der Waals surface area contributed by atoms with Gasteiger partial charge in [-0.05, 0) is 13.1 Å². The van der Waals surface area contributed by atoms with Gasteiger partial charge in [-0.3, -0.25) is 4.79 Å². The first-order chi connectivity index (χ1) is 4.20. The van der Waals surface area contributed by atoms with Gasteiger partial charge in [-0.1, -0.05) is 11.5 Å². The van der Waals surface area contributed by atoms with Crippen molar-refractivity contribution in [1.82, 2.24) is 4.98 Å². The molecule has 0 saturated carbocycles. The largest absolute Gasteiger partial charge is 0.329 e. The smallest absolute Gasteiger partial charge is 0.250 e. The van der Waals surface area contributed by atoms with Gasteiger partial charge in [-0.25, -0.2) is 0 Å². The van der Waals surface area contributed by atoms with Crippen LogP contribution in [-0.4, -0.2) is 12.8 Å². The fourth-order valence-electron chi connectivity index (χ4n) is 0.620. The molecule has 0 unspecified atom stereocenters. The van der Waals surface area contributed by atoms with E-state index in [1.165, 1.54) is 6.20 Å². The van der Waals surface area contributed by atoms with Gasteiger partial charge in [-0.15, -0.1) is 0 Å². The van der Waals surface area contributed by atoms with Crippen LogP contribution in [-0.2, 0) is 0 Å². The van der Waals surface area contributed by atoms with E-state index in [1.807, 2.05) is 0 Å². The molecule has 0 atom stereocenters. The summed E-state index contributed by atoms with van der Waals surface area (Å²) in [6.07, 6.45) is 1.48. The third kappa shape index (κ3) is 1.22. The quantitative estimate of drug-likeness (QED) is 0.458. The van der Waals surface area contributed by atoms with Crippen molar-refractivity contribution in [1.29, 1.82) is 0 Å². The average Bonchev–Trinajstić information content (AvgIpc) is 1.80. The van der Waals surface area contributed by atoms with Crippen molar-refractivity contribution in [2.75, 3.05) is 0 Å². The lowest BCUT2D eigenvalue weighted by molar-refractivity contribution is 1.20. The predicted octanol–water partition coefficient (Wildman–Crippen LogP) is -0.523. The van der Waals surface area contributed by atoms with Gasteiger partial charge in [0.05, 0.1) is 0 Å². The Kier molecular flexibility index (Phi) is 1.43. The third-order valence-corrected chi connectivity index (χ3v) is 1.11. The Morgan fingerprint density at radius 2 is 2.33 bits per heavy atom. The van der Waals surface area contributed by atoms with E-state index in [9.17, 15) is 4.79 Å². The molecule has 0 bridgehead atoms. The van der Waals surface area contributed by atoms with Gasteiger partial charge in [0.2, 0.25) is 0 Å². The molecular weight excluding hydrogens is 113 g/mol. The number of nitrogens with one attached hydrogen (secondary N) is 1. The van der Waals surface area contributed by atoms with Gasteiger partial charge in [-0.2, -0.15) is 0 Å². The number of H-pyrrole nitrogens is 1. The minimum atomic E-state index is -0.0794. The van der Waals surface area contributed by atoms with E-state index < -0.39 is 0 Å². The molecule has 2 nitrogen and oxygen atoms in total. The van der Waals surface area contributed by atoms with Crippen molar-refractivity contribution in [3.8, 4) is 0 Å². The summed E-state index contributed by atoms with van der Waals surface area (Å²) in [5.41, 5.74) is 1.16. The van der Waals surface area contributed by atoms with Crippen LogP contribution < -0.4 is 11.0 Å². The van der Waals surface area contributed by atoms with E-state index >= 15 is 0 Å². The van der Waals surface area contributed by atoms with Gasteiger partial charge in [0.15, 0.2) is 0 Å². The molecule has 44 valence electrons. The molecule has 0 spiro atoms. The highest BCUT2D eigenvalue weighted by molar-refractivity contribution is 6.32. The molecule has 1 aromatic rings. The van der Waals surface area contributed by atoms with Gasteiger partial charge >= 0.3 is 0 Å². The van der Waals surface area contributed by atoms with E-state index in [0.717, 1.165) is 0 Å². The zero-order valence-corrected chi connectivity index (χ0v) is 5.14. The molecule has 1 N–H and O–H groups in total. The first-order valence-electron chi connectivity index (χ1n) is 2.65. The summed E-state index contributed by atoms with van der Waals surface area (Å²) in [7, 11) is 5.36. The molecule has 0 aliphatic rings. The summed E-state index contributed by atoms with van der Waals surface area (Å²) in [4.78, 5) is 13.1. The highest BCUT2D eigenvalue weighted by Gasteiger charge is 1.89.